The molecule has 1 aliphatic heterocycles. The van der Waals surface area contributed by atoms with E-state index in [1.165, 1.54) is 0 Å². The molecule has 0 amide bonds. The highest BCUT2D eigenvalue weighted by Crippen LogP contribution is 2.35. The Hall–Kier alpha value is -0.0900. The molecule has 1 aromatic rings. The first-order chi connectivity index (χ1) is 7.27. The number of rotatable bonds is 3. The van der Waals surface area contributed by atoms with E-state index < -0.39 is 5.79 Å². The van der Waals surface area contributed by atoms with E-state index in [9.17, 15) is 0 Å². The lowest BCUT2D eigenvalue weighted by molar-refractivity contribution is -0.166. The van der Waals surface area contributed by atoms with Gasteiger partial charge in [0.05, 0.1) is 13.2 Å². The van der Waals surface area contributed by atoms with Crippen LogP contribution in [0.25, 0.3) is 0 Å². The largest absolute Gasteiger partial charge is 0.343 e. The summed E-state index contributed by atoms with van der Waals surface area (Å²) in [5, 5.41) is 0. The van der Waals surface area contributed by atoms with Crippen LogP contribution in [0.4, 0.5) is 0 Å². The van der Waals surface area contributed by atoms with Gasteiger partial charge in [-0.25, -0.2) is 0 Å². The first-order valence-electron chi connectivity index (χ1n) is 4.87. The van der Waals surface area contributed by atoms with Gasteiger partial charge in [0.1, 0.15) is 0 Å². The molecule has 0 unspecified atom stereocenters. The number of ether oxygens (including phenoxy) is 2. The van der Waals surface area contributed by atoms with Crippen molar-refractivity contribution < 1.29 is 9.47 Å². The van der Waals surface area contributed by atoms with Gasteiger partial charge in [-0.15, -0.1) is 11.6 Å². The summed E-state index contributed by atoms with van der Waals surface area (Å²) in [5.74, 6) is -0.0987. The summed E-state index contributed by atoms with van der Waals surface area (Å²) in [7, 11) is 0. The van der Waals surface area contributed by atoms with Crippen LogP contribution in [-0.2, 0) is 15.3 Å². The number of alkyl halides is 1. The lowest BCUT2D eigenvalue weighted by Crippen LogP contribution is -2.27. The molecule has 0 bridgehead atoms. The molecule has 0 saturated carbocycles. The van der Waals surface area contributed by atoms with Gasteiger partial charge in [-0.1, -0.05) is 28.1 Å². The number of hydrogen-bond acceptors (Lipinski definition) is 2. The average Bonchev–Trinajstić information content (AvgIpc) is 2.69. The maximum absolute atomic E-state index is 5.78. The van der Waals surface area contributed by atoms with Crippen LogP contribution in [0.3, 0.4) is 0 Å². The highest BCUT2D eigenvalue weighted by atomic mass is 79.9. The Bertz CT molecular complexity index is 320. The Labute approximate surface area is 103 Å². The lowest BCUT2D eigenvalue weighted by Gasteiger charge is -2.27. The van der Waals surface area contributed by atoms with Crippen molar-refractivity contribution in [3.05, 3.63) is 34.3 Å². The van der Waals surface area contributed by atoms with Crippen LogP contribution in [0.2, 0.25) is 0 Å². The molecule has 82 valence electrons. The normalized spacial score (nSPS) is 19.3. The summed E-state index contributed by atoms with van der Waals surface area (Å²) in [6.07, 6.45) is 0.677. The SMILES string of the molecule is ClCCC1(c2ccc(Br)cc2)OCCO1. The topological polar surface area (TPSA) is 18.5 Å². The fraction of sp³-hybridized carbons (Fsp3) is 0.455. The van der Waals surface area contributed by atoms with Gasteiger partial charge in [0, 0.05) is 22.3 Å². The Kier molecular flexibility index (Phi) is 3.67. The molecule has 2 rings (SSSR count). The predicted octanol–water partition coefficient (Wildman–Crippen LogP) is 3.28. The molecule has 2 nitrogen and oxygen atoms in total. The van der Waals surface area contributed by atoms with Crippen LogP contribution in [-0.4, -0.2) is 19.1 Å². The third-order valence-corrected chi connectivity index (χ3v) is 3.18. The Morgan fingerprint density at radius 3 is 2.33 bits per heavy atom. The minimum Gasteiger partial charge on any atom is -0.343 e. The summed E-state index contributed by atoms with van der Waals surface area (Å²) in [6, 6.07) is 7.97. The van der Waals surface area contributed by atoms with Crippen molar-refractivity contribution in [1.29, 1.82) is 0 Å². The quantitative estimate of drug-likeness (QED) is 0.796. The van der Waals surface area contributed by atoms with Gasteiger partial charge in [-0.2, -0.15) is 0 Å². The number of halogens is 2. The van der Waals surface area contributed by atoms with Crippen molar-refractivity contribution >= 4 is 27.5 Å². The third kappa shape index (κ3) is 2.36. The van der Waals surface area contributed by atoms with E-state index in [0.717, 1.165) is 10.0 Å². The molecule has 0 radical (unpaired) electrons. The zero-order valence-corrected chi connectivity index (χ0v) is 10.6. The summed E-state index contributed by atoms with van der Waals surface area (Å²) in [5.41, 5.74) is 1.03. The van der Waals surface area contributed by atoms with Gasteiger partial charge >= 0.3 is 0 Å². The van der Waals surface area contributed by atoms with Gasteiger partial charge in [0.25, 0.3) is 0 Å². The van der Waals surface area contributed by atoms with E-state index in [-0.39, 0.29) is 0 Å². The molecule has 1 heterocycles. The van der Waals surface area contributed by atoms with Crippen LogP contribution >= 0.6 is 27.5 Å². The Morgan fingerprint density at radius 2 is 1.80 bits per heavy atom. The minimum absolute atomic E-state index is 0.524. The van der Waals surface area contributed by atoms with Gasteiger partial charge in [-0.05, 0) is 12.1 Å². The molecular weight excluding hydrogens is 279 g/mol. The van der Waals surface area contributed by atoms with E-state index in [2.05, 4.69) is 15.9 Å². The van der Waals surface area contributed by atoms with E-state index in [0.29, 0.717) is 25.5 Å². The van der Waals surface area contributed by atoms with Crippen LogP contribution in [0.15, 0.2) is 28.7 Å². The van der Waals surface area contributed by atoms with Crippen molar-refractivity contribution in [3.8, 4) is 0 Å². The first-order valence-corrected chi connectivity index (χ1v) is 6.19. The molecular formula is C11H12BrClO2. The van der Waals surface area contributed by atoms with Crippen molar-refractivity contribution in [2.24, 2.45) is 0 Å². The van der Waals surface area contributed by atoms with Crippen molar-refractivity contribution in [3.63, 3.8) is 0 Å². The minimum atomic E-state index is -0.623. The molecule has 1 aromatic carbocycles. The molecule has 0 atom stereocenters. The molecule has 1 aliphatic rings. The predicted molar refractivity (Wildman–Crippen MR) is 63.1 cm³/mol. The molecule has 0 aromatic heterocycles. The molecule has 1 fully saturated rings. The zero-order valence-electron chi connectivity index (χ0n) is 8.21. The van der Waals surface area contributed by atoms with Gasteiger partial charge < -0.3 is 9.47 Å². The second-order valence-corrected chi connectivity index (χ2v) is 4.69. The molecule has 15 heavy (non-hydrogen) atoms. The second-order valence-electron chi connectivity index (χ2n) is 3.40. The Morgan fingerprint density at radius 1 is 1.20 bits per heavy atom. The van der Waals surface area contributed by atoms with E-state index in [1.54, 1.807) is 0 Å². The summed E-state index contributed by atoms with van der Waals surface area (Å²) in [4.78, 5) is 0. The average molecular weight is 292 g/mol. The molecule has 1 saturated heterocycles. The highest BCUT2D eigenvalue weighted by Gasteiger charge is 2.37. The second kappa shape index (κ2) is 4.83. The van der Waals surface area contributed by atoms with Crippen LogP contribution in [0.5, 0.6) is 0 Å². The third-order valence-electron chi connectivity index (χ3n) is 2.46. The zero-order chi connectivity index (χ0) is 10.7. The summed E-state index contributed by atoms with van der Waals surface area (Å²) >= 11 is 9.19. The summed E-state index contributed by atoms with van der Waals surface area (Å²) in [6.45, 7) is 1.26. The van der Waals surface area contributed by atoms with Gasteiger partial charge in [0.15, 0.2) is 5.79 Å². The van der Waals surface area contributed by atoms with Crippen molar-refractivity contribution in [2.45, 2.75) is 12.2 Å². The fourth-order valence-electron chi connectivity index (χ4n) is 1.74. The lowest BCUT2D eigenvalue weighted by atomic mass is 10.0. The molecule has 0 spiro atoms. The van der Waals surface area contributed by atoms with Crippen molar-refractivity contribution in [1.82, 2.24) is 0 Å². The highest BCUT2D eigenvalue weighted by molar-refractivity contribution is 9.10. The van der Waals surface area contributed by atoms with Crippen LogP contribution < -0.4 is 0 Å². The molecule has 4 heteroatoms. The van der Waals surface area contributed by atoms with Crippen LogP contribution in [0, 0.1) is 0 Å². The molecule has 0 aliphatic carbocycles. The Balaban J connectivity index is 2.28. The van der Waals surface area contributed by atoms with E-state index >= 15 is 0 Å². The number of hydrogen-bond donors (Lipinski definition) is 0. The maximum atomic E-state index is 5.78. The van der Waals surface area contributed by atoms with E-state index in [1.807, 2.05) is 24.3 Å². The number of benzene rings is 1. The smallest absolute Gasteiger partial charge is 0.196 e. The van der Waals surface area contributed by atoms with E-state index in [4.69, 9.17) is 21.1 Å². The summed E-state index contributed by atoms with van der Waals surface area (Å²) < 4.78 is 12.4. The molecule has 0 N–H and O–H groups in total. The standard InChI is InChI=1S/C11H12BrClO2/c12-10-3-1-9(2-4-10)11(5-6-13)14-7-8-15-11/h1-4H,5-8H2. The van der Waals surface area contributed by atoms with Crippen LogP contribution in [0.1, 0.15) is 12.0 Å². The first kappa shape index (κ1) is 11.4. The van der Waals surface area contributed by atoms with Gasteiger partial charge in [-0.3, -0.25) is 0 Å². The maximum Gasteiger partial charge on any atom is 0.196 e. The fourth-order valence-corrected chi connectivity index (χ4v) is 2.25. The van der Waals surface area contributed by atoms with Crippen molar-refractivity contribution in [2.75, 3.05) is 19.1 Å². The monoisotopic (exact) mass is 290 g/mol. The van der Waals surface area contributed by atoms with Gasteiger partial charge in [0.2, 0.25) is 0 Å².